The van der Waals surface area contributed by atoms with Gasteiger partial charge in [-0.05, 0) is 69.2 Å². The maximum absolute atomic E-state index is 13.1. The standard InChI is InChI=1S/C30H29N9O4/c1-18-9-20(6-8-23(18)42-25-11-24-37-35-16-38(24)15-33-25)36-27-21-10-19(5-7-22(21)31-14-32-27)26-30(13-41-17-34-30)12-39(26)28(40)43-29(2,3)4/h5-11,14-17,26H,12-13H2,1-4H3,(H,31,32,36). The highest BCUT2D eigenvalue weighted by molar-refractivity contribution is 5.91. The van der Waals surface area contributed by atoms with E-state index in [2.05, 4.69) is 35.5 Å². The molecule has 0 aliphatic carbocycles. The van der Waals surface area contributed by atoms with Crippen molar-refractivity contribution in [1.82, 2.24) is 34.4 Å². The number of likely N-dealkylation sites (tertiary alicyclic amines) is 1. The Kier molecular flexibility index (Phi) is 6.11. The molecule has 1 fully saturated rings. The van der Waals surface area contributed by atoms with Crippen molar-refractivity contribution in [2.75, 3.05) is 18.5 Å². The number of carbonyl (C=O) groups is 1. The first-order valence-corrected chi connectivity index (χ1v) is 13.8. The molecule has 1 spiro atoms. The summed E-state index contributed by atoms with van der Waals surface area (Å²) in [6.07, 6.45) is 5.79. The first-order chi connectivity index (χ1) is 20.7. The van der Waals surface area contributed by atoms with Gasteiger partial charge in [0.2, 0.25) is 5.88 Å². The Morgan fingerprint density at radius 1 is 1.09 bits per heavy atom. The van der Waals surface area contributed by atoms with Gasteiger partial charge in [0.15, 0.2) is 12.0 Å². The number of ether oxygens (including phenoxy) is 3. The van der Waals surface area contributed by atoms with Crippen molar-refractivity contribution in [3.05, 3.63) is 72.6 Å². The van der Waals surface area contributed by atoms with Gasteiger partial charge in [0, 0.05) is 17.1 Å². The molecule has 2 atom stereocenters. The van der Waals surface area contributed by atoms with E-state index in [4.69, 9.17) is 14.2 Å². The third-order valence-corrected chi connectivity index (χ3v) is 7.40. The SMILES string of the molecule is Cc1cc(Nc2ncnc3ccc(C4N(C(=O)OC(C)(C)C)CC45COC=N5)cc23)ccc1Oc1cc2nncn2cn1. The molecule has 1 saturated heterocycles. The Morgan fingerprint density at radius 3 is 2.77 bits per heavy atom. The van der Waals surface area contributed by atoms with E-state index in [1.807, 2.05) is 64.1 Å². The van der Waals surface area contributed by atoms with Crippen molar-refractivity contribution >= 4 is 40.5 Å². The first-order valence-electron chi connectivity index (χ1n) is 13.8. The van der Waals surface area contributed by atoms with Crippen LogP contribution < -0.4 is 10.1 Å². The van der Waals surface area contributed by atoms with Crippen molar-refractivity contribution in [1.29, 1.82) is 0 Å². The van der Waals surface area contributed by atoms with Gasteiger partial charge in [-0.2, -0.15) is 0 Å². The second kappa shape index (κ2) is 9.89. The molecule has 2 unspecified atom stereocenters. The van der Waals surface area contributed by atoms with Crippen molar-refractivity contribution in [3.8, 4) is 11.6 Å². The van der Waals surface area contributed by atoms with Crippen LogP contribution in [0.25, 0.3) is 16.6 Å². The number of aromatic nitrogens is 6. The number of hydrogen-bond acceptors (Lipinski definition) is 11. The number of amides is 1. The molecular formula is C30H29N9O4. The molecule has 5 heterocycles. The summed E-state index contributed by atoms with van der Waals surface area (Å²) in [7, 11) is 0. The number of benzene rings is 2. The minimum Gasteiger partial charge on any atom is -0.481 e. The zero-order chi connectivity index (χ0) is 29.8. The minimum absolute atomic E-state index is 0.358. The quantitative estimate of drug-likeness (QED) is 0.302. The summed E-state index contributed by atoms with van der Waals surface area (Å²) >= 11 is 0. The summed E-state index contributed by atoms with van der Waals surface area (Å²) in [5, 5.41) is 12.1. The summed E-state index contributed by atoms with van der Waals surface area (Å²) in [4.78, 5) is 32.8. The molecule has 0 saturated carbocycles. The fourth-order valence-electron chi connectivity index (χ4n) is 5.43. The lowest BCUT2D eigenvalue weighted by Crippen LogP contribution is -2.65. The highest BCUT2D eigenvalue weighted by Gasteiger charge is 2.58. The van der Waals surface area contributed by atoms with Crippen molar-refractivity contribution in [2.24, 2.45) is 4.99 Å². The third-order valence-electron chi connectivity index (χ3n) is 7.40. The van der Waals surface area contributed by atoms with Crippen LogP contribution in [0.2, 0.25) is 0 Å². The summed E-state index contributed by atoms with van der Waals surface area (Å²) in [6.45, 7) is 8.32. The van der Waals surface area contributed by atoms with Gasteiger partial charge in [0.1, 0.15) is 48.3 Å². The highest BCUT2D eigenvalue weighted by atomic mass is 16.6. The van der Waals surface area contributed by atoms with Gasteiger partial charge in [0.25, 0.3) is 0 Å². The molecule has 3 aromatic heterocycles. The van der Waals surface area contributed by atoms with E-state index in [0.717, 1.165) is 27.7 Å². The second-order valence-electron chi connectivity index (χ2n) is 11.7. The highest BCUT2D eigenvalue weighted by Crippen LogP contribution is 2.48. The van der Waals surface area contributed by atoms with Crippen LogP contribution in [-0.2, 0) is 9.47 Å². The van der Waals surface area contributed by atoms with Crippen LogP contribution in [0.3, 0.4) is 0 Å². The Hall–Kier alpha value is -5.33. The molecule has 2 aliphatic heterocycles. The number of nitrogens with one attached hydrogen (secondary N) is 1. The van der Waals surface area contributed by atoms with E-state index < -0.39 is 11.1 Å². The number of aryl methyl sites for hydroxylation is 1. The molecule has 13 heteroatoms. The number of hydrogen-bond donors (Lipinski definition) is 1. The smallest absolute Gasteiger partial charge is 0.410 e. The van der Waals surface area contributed by atoms with Gasteiger partial charge in [-0.3, -0.25) is 9.30 Å². The molecule has 1 N–H and O–H groups in total. The van der Waals surface area contributed by atoms with Crippen LogP contribution in [0.15, 0.2) is 66.4 Å². The van der Waals surface area contributed by atoms with Gasteiger partial charge in [-0.1, -0.05) is 6.07 Å². The molecule has 0 radical (unpaired) electrons. The van der Waals surface area contributed by atoms with E-state index in [1.165, 1.54) is 12.7 Å². The van der Waals surface area contributed by atoms with Crippen LogP contribution in [0, 0.1) is 6.92 Å². The second-order valence-corrected chi connectivity index (χ2v) is 11.7. The first kappa shape index (κ1) is 26.6. The fraction of sp³-hybridized carbons (Fsp3) is 0.300. The minimum atomic E-state index is -0.617. The Labute approximate surface area is 246 Å². The van der Waals surface area contributed by atoms with Gasteiger partial charge in [-0.25, -0.2) is 24.7 Å². The Bertz CT molecular complexity index is 1900. The van der Waals surface area contributed by atoms with E-state index in [-0.39, 0.29) is 12.1 Å². The lowest BCUT2D eigenvalue weighted by molar-refractivity contribution is -0.0477. The average molecular weight is 580 g/mol. The summed E-state index contributed by atoms with van der Waals surface area (Å²) in [6, 6.07) is 13.0. The zero-order valence-corrected chi connectivity index (χ0v) is 24.1. The molecule has 1 amide bonds. The van der Waals surface area contributed by atoms with E-state index in [1.54, 1.807) is 28.0 Å². The zero-order valence-electron chi connectivity index (χ0n) is 24.1. The number of fused-ring (bicyclic) bond motifs is 2. The van der Waals surface area contributed by atoms with E-state index in [9.17, 15) is 4.79 Å². The van der Waals surface area contributed by atoms with Gasteiger partial charge >= 0.3 is 6.09 Å². The lowest BCUT2D eigenvalue weighted by Gasteiger charge is -2.52. The van der Waals surface area contributed by atoms with Crippen LogP contribution in [0.4, 0.5) is 16.3 Å². The average Bonchev–Trinajstić information content (AvgIpc) is 3.64. The van der Waals surface area contributed by atoms with Gasteiger partial charge < -0.3 is 19.5 Å². The molecule has 13 nitrogen and oxygen atoms in total. The van der Waals surface area contributed by atoms with E-state index >= 15 is 0 Å². The normalized spacial score (nSPS) is 19.4. The predicted molar refractivity (Wildman–Crippen MR) is 158 cm³/mol. The van der Waals surface area contributed by atoms with Crippen molar-refractivity contribution in [3.63, 3.8) is 0 Å². The summed E-state index contributed by atoms with van der Waals surface area (Å²) in [5.74, 6) is 1.71. The monoisotopic (exact) mass is 579 g/mol. The van der Waals surface area contributed by atoms with Crippen LogP contribution >= 0.6 is 0 Å². The van der Waals surface area contributed by atoms with Gasteiger partial charge in [0.05, 0.1) is 18.1 Å². The molecule has 2 aromatic carbocycles. The van der Waals surface area contributed by atoms with Crippen LogP contribution in [0.1, 0.15) is 37.9 Å². The maximum Gasteiger partial charge on any atom is 0.410 e. The van der Waals surface area contributed by atoms with E-state index in [0.29, 0.717) is 36.2 Å². The summed E-state index contributed by atoms with van der Waals surface area (Å²) in [5.41, 5.74) is 2.84. The number of nitrogens with zero attached hydrogens (tertiary/aromatic N) is 8. The molecule has 218 valence electrons. The van der Waals surface area contributed by atoms with Crippen LogP contribution in [0.5, 0.6) is 11.6 Å². The third kappa shape index (κ3) is 4.92. The number of anilines is 2. The number of carbonyl (C=O) groups excluding carboxylic acids is 1. The largest absolute Gasteiger partial charge is 0.481 e. The maximum atomic E-state index is 13.1. The molecule has 43 heavy (non-hydrogen) atoms. The molecule has 0 bridgehead atoms. The topological polar surface area (TPSA) is 141 Å². The molecule has 7 rings (SSSR count). The van der Waals surface area contributed by atoms with Gasteiger partial charge in [-0.15, -0.1) is 10.2 Å². The molecular weight excluding hydrogens is 550 g/mol. The van der Waals surface area contributed by atoms with Crippen molar-refractivity contribution < 1.29 is 19.0 Å². The number of aliphatic imine (C=N–C) groups is 1. The lowest BCUT2D eigenvalue weighted by atomic mass is 9.77. The Morgan fingerprint density at radius 2 is 1.98 bits per heavy atom. The summed E-state index contributed by atoms with van der Waals surface area (Å²) < 4.78 is 18.9. The Balaban J connectivity index is 1.17. The molecule has 5 aromatic rings. The van der Waals surface area contributed by atoms with Crippen molar-refractivity contribution in [2.45, 2.75) is 44.9 Å². The predicted octanol–water partition coefficient (Wildman–Crippen LogP) is 5.00. The fourth-order valence-corrected chi connectivity index (χ4v) is 5.43. The number of rotatable bonds is 5. The van der Waals surface area contributed by atoms with Crippen LogP contribution in [-0.4, -0.2) is 71.2 Å². The molecule has 2 aliphatic rings.